The molecule has 56 valence electrons. The minimum atomic E-state index is -1.48. The van der Waals surface area contributed by atoms with Crippen LogP contribution in [0.25, 0.3) is 0 Å². The fraction of sp³-hybridized carbons (Fsp3) is 0. The summed E-state index contributed by atoms with van der Waals surface area (Å²) < 4.78 is 39.0. The van der Waals surface area contributed by atoms with Crippen LogP contribution < -0.4 is 3.79 Å². The summed E-state index contributed by atoms with van der Waals surface area (Å²) in [6, 6.07) is 2.65. The first-order valence-corrected chi connectivity index (χ1v) is 3.73. The molecule has 0 aliphatic carbocycles. The van der Waals surface area contributed by atoms with Gasteiger partial charge in [-0.3, -0.25) is 0 Å². The van der Waals surface area contributed by atoms with Gasteiger partial charge in [0.15, 0.2) is 0 Å². The molecule has 0 bridgehead atoms. The van der Waals surface area contributed by atoms with Crippen LogP contribution in [0.4, 0.5) is 8.78 Å². The van der Waals surface area contributed by atoms with Crippen LogP contribution in [0.1, 0.15) is 0 Å². The third-order valence-corrected chi connectivity index (χ3v) is 1.39. The molecule has 0 spiro atoms. The molecule has 1 rings (SSSR count). The van der Waals surface area contributed by atoms with E-state index < -0.39 is 27.1 Å². The minimum absolute atomic E-state index is 0.0486. The molecule has 0 amide bonds. The Kier molecular flexibility index (Phi) is 2.69. The van der Waals surface area contributed by atoms with Gasteiger partial charge < -0.3 is 0 Å². The number of rotatable bonds is 2. The summed E-state index contributed by atoms with van der Waals surface area (Å²) in [7, 11) is 0. The Labute approximate surface area is 68.0 Å². The van der Waals surface area contributed by atoms with Crippen molar-refractivity contribution in [2.75, 3.05) is 0 Å². The van der Waals surface area contributed by atoms with Crippen molar-refractivity contribution in [1.82, 2.24) is 0 Å². The van der Waals surface area contributed by atoms with Gasteiger partial charge in [0.2, 0.25) is 0 Å². The molecule has 0 fully saturated rings. The fourth-order valence-corrected chi connectivity index (χ4v) is 0.899. The van der Waals surface area contributed by atoms with Crippen molar-refractivity contribution in [3.05, 3.63) is 29.8 Å². The van der Waals surface area contributed by atoms with Gasteiger partial charge in [-0.1, -0.05) is 0 Å². The van der Waals surface area contributed by atoms with E-state index in [0.717, 1.165) is 12.1 Å². The van der Waals surface area contributed by atoms with Crippen molar-refractivity contribution in [2.24, 2.45) is 0 Å². The zero-order valence-corrected chi connectivity index (χ0v) is 6.54. The van der Waals surface area contributed by atoms with Gasteiger partial charge in [0.05, 0.1) is 0 Å². The van der Waals surface area contributed by atoms with Gasteiger partial charge in [0, 0.05) is 0 Å². The molecule has 0 saturated carbocycles. The Hall–Kier alpha value is -0.788. The molecule has 0 radical (unpaired) electrons. The topological polar surface area (TPSA) is 26.3 Å². The van der Waals surface area contributed by atoms with Crippen LogP contribution in [-0.4, -0.2) is 15.5 Å². The predicted molar refractivity (Wildman–Crippen MR) is 33.4 cm³/mol. The Balaban J connectivity index is 2.98. The number of hydrogen-bond donors (Lipinski definition) is 0. The Morgan fingerprint density at radius 1 is 1.18 bits per heavy atom. The first kappa shape index (κ1) is 8.31. The van der Waals surface area contributed by atoms with E-state index in [9.17, 15) is 12.6 Å². The molecule has 0 atom stereocenters. The Bertz CT molecular complexity index is 257. The molecule has 0 saturated heterocycles. The SMILES string of the molecule is [O]=[Al][O]c1cc(F)cc(F)c1. The first-order valence-electron chi connectivity index (χ1n) is 2.79. The molecule has 1 aromatic carbocycles. The summed E-state index contributed by atoms with van der Waals surface area (Å²) >= 11 is -1.48. The average Bonchev–Trinajstić information content (AvgIpc) is 1.85. The summed E-state index contributed by atoms with van der Waals surface area (Å²) in [6.45, 7) is 0. The zero-order chi connectivity index (χ0) is 8.27. The first-order chi connectivity index (χ1) is 5.22. The monoisotopic (exact) mass is 172 g/mol. The van der Waals surface area contributed by atoms with Gasteiger partial charge in [-0.05, 0) is 0 Å². The summed E-state index contributed by atoms with van der Waals surface area (Å²) in [6.07, 6.45) is 0. The van der Waals surface area contributed by atoms with Crippen LogP contribution in [0.3, 0.4) is 0 Å². The molecular weight excluding hydrogens is 169 g/mol. The second-order valence-electron chi connectivity index (χ2n) is 1.82. The quantitative estimate of drug-likeness (QED) is 0.628. The molecule has 0 aliphatic heterocycles. The van der Waals surface area contributed by atoms with Gasteiger partial charge in [0.25, 0.3) is 0 Å². The van der Waals surface area contributed by atoms with Crippen LogP contribution in [-0.2, 0) is 3.80 Å². The third-order valence-electron chi connectivity index (χ3n) is 1.02. The van der Waals surface area contributed by atoms with Crippen LogP contribution in [0.15, 0.2) is 18.2 Å². The molecule has 11 heavy (non-hydrogen) atoms. The van der Waals surface area contributed by atoms with E-state index in [1.807, 2.05) is 0 Å². The molecule has 0 heterocycles. The van der Waals surface area contributed by atoms with Crippen LogP contribution in [0.2, 0.25) is 0 Å². The van der Waals surface area contributed by atoms with Crippen LogP contribution in [0.5, 0.6) is 5.75 Å². The van der Waals surface area contributed by atoms with Crippen molar-refractivity contribution in [1.29, 1.82) is 0 Å². The molecule has 1 aromatic rings. The Morgan fingerprint density at radius 3 is 2.18 bits per heavy atom. The van der Waals surface area contributed by atoms with Gasteiger partial charge in [-0.2, -0.15) is 0 Å². The van der Waals surface area contributed by atoms with E-state index in [2.05, 4.69) is 3.79 Å². The van der Waals surface area contributed by atoms with E-state index in [-0.39, 0.29) is 5.75 Å². The van der Waals surface area contributed by atoms with E-state index >= 15 is 0 Å². The zero-order valence-electron chi connectivity index (χ0n) is 5.38. The van der Waals surface area contributed by atoms with Crippen molar-refractivity contribution in [3.8, 4) is 5.75 Å². The van der Waals surface area contributed by atoms with Crippen LogP contribution in [0, 0.1) is 11.6 Å². The van der Waals surface area contributed by atoms with Gasteiger partial charge in [-0.25, -0.2) is 0 Å². The van der Waals surface area contributed by atoms with E-state index in [1.54, 1.807) is 0 Å². The van der Waals surface area contributed by atoms with Gasteiger partial charge in [0.1, 0.15) is 0 Å². The van der Waals surface area contributed by atoms with E-state index in [1.165, 1.54) is 0 Å². The van der Waals surface area contributed by atoms with Crippen LogP contribution >= 0.6 is 0 Å². The van der Waals surface area contributed by atoms with Crippen molar-refractivity contribution in [3.63, 3.8) is 0 Å². The van der Waals surface area contributed by atoms with Crippen molar-refractivity contribution < 1.29 is 16.4 Å². The summed E-state index contributed by atoms with van der Waals surface area (Å²) in [5.41, 5.74) is 0. The predicted octanol–water partition coefficient (Wildman–Crippen LogP) is 1.31. The maximum absolute atomic E-state index is 12.3. The van der Waals surface area contributed by atoms with Crippen molar-refractivity contribution >= 4 is 15.5 Å². The molecule has 0 N–H and O–H groups in total. The van der Waals surface area contributed by atoms with E-state index in [4.69, 9.17) is 0 Å². The Morgan fingerprint density at radius 2 is 1.73 bits per heavy atom. The van der Waals surface area contributed by atoms with Crippen molar-refractivity contribution in [2.45, 2.75) is 0 Å². The van der Waals surface area contributed by atoms with Gasteiger partial charge >= 0.3 is 67.4 Å². The second kappa shape index (κ2) is 3.56. The molecule has 0 unspecified atom stereocenters. The summed E-state index contributed by atoms with van der Waals surface area (Å²) in [4.78, 5) is 0. The van der Waals surface area contributed by atoms with E-state index in [0.29, 0.717) is 6.07 Å². The molecular formula is C6H3AlF2O2. The standard InChI is InChI=1S/C6H4F2O.Al.O/c7-4-1-5(8)3-6(9)2-4;;/h1-3,9H;;/q;+1;/p-1. The number of hydrogen-bond acceptors (Lipinski definition) is 2. The number of benzene rings is 1. The molecule has 2 nitrogen and oxygen atoms in total. The third kappa shape index (κ3) is 2.37. The normalized spacial score (nSPS) is 8.91. The number of halogens is 2. The summed E-state index contributed by atoms with van der Waals surface area (Å²) in [5.74, 6) is -1.53. The summed E-state index contributed by atoms with van der Waals surface area (Å²) in [5, 5.41) is 0. The molecule has 5 heteroatoms. The fourth-order valence-electron chi connectivity index (χ4n) is 0.652. The van der Waals surface area contributed by atoms with Gasteiger partial charge in [-0.15, -0.1) is 0 Å². The molecule has 0 aliphatic rings. The molecule has 0 aromatic heterocycles. The second-order valence-corrected chi connectivity index (χ2v) is 2.25. The maximum atomic E-state index is 12.3. The average molecular weight is 172 g/mol.